The Bertz CT molecular complexity index is 965. The maximum atomic E-state index is 13.0. The van der Waals surface area contributed by atoms with Gasteiger partial charge in [0.25, 0.3) is 5.91 Å². The molecule has 0 unspecified atom stereocenters. The maximum absolute atomic E-state index is 13.0. The number of piperidine rings is 1. The second kappa shape index (κ2) is 12.7. The number of nitrogens with one attached hydrogen (secondary N) is 3. The Morgan fingerprint density at radius 2 is 1.67 bits per heavy atom. The molecule has 33 heavy (non-hydrogen) atoms. The highest BCUT2D eigenvalue weighted by atomic mass is 35.5. The van der Waals surface area contributed by atoms with Crippen LogP contribution in [0.4, 0.5) is 21.9 Å². The van der Waals surface area contributed by atoms with Crippen molar-refractivity contribution in [1.82, 2.24) is 5.32 Å². The van der Waals surface area contributed by atoms with Gasteiger partial charge in [-0.05, 0) is 69.0 Å². The summed E-state index contributed by atoms with van der Waals surface area (Å²) in [7, 11) is 0. The molecule has 1 heterocycles. The molecule has 3 amide bonds. The topological polar surface area (TPSA) is 82.7 Å². The molecular weight excluding hydrogens is 463 g/mol. The molecule has 2 aromatic rings. The van der Waals surface area contributed by atoms with E-state index in [1.54, 1.807) is 24.3 Å². The summed E-state index contributed by atoms with van der Waals surface area (Å²) in [6, 6.07) is 9.83. The zero-order valence-corrected chi connectivity index (χ0v) is 20.3. The van der Waals surface area contributed by atoms with E-state index in [1.807, 2.05) is 19.1 Å². The van der Waals surface area contributed by atoms with Crippen molar-refractivity contribution < 1.29 is 14.3 Å². The molecule has 1 aliphatic heterocycles. The fourth-order valence-corrected chi connectivity index (χ4v) is 3.99. The van der Waals surface area contributed by atoms with Gasteiger partial charge in [-0.1, -0.05) is 23.2 Å². The highest BCUT2D eigenvalue weighted by Gasteiger charge is 2.19. The Labute approximate surface area is 204 Å². The molecule has 3 N–H and O–H groups in total. The molecule has 2 aromatic carbocycles. The largest absolute Gasteiger partial charge is 0.382 e. The van der Waals surface area contributed by atoms with E-state index >= 15 is 0 Å². The quantitative estimate of drug-likeness (QED) is 0.387. The van der Waals surface area contributed by atoms with Gasteiger partial charge in [-0.25, -0.2) is 4.79 Å². The van der Waals surface area contributed by atoms with E-state index in [1.165, 1.54) is 6.42 Å². The third-order valence-electron chi connectivity index (χ3n) is 5.33. The predicted octanol–water partition coefficient (Wildman–Crippen LogP) is 5.78. The Morgan fingerprint density at radius 3 is 2.36 bits per heavy atom. The first-order valence-electron chi connectivity index (χ1n) is 11.3. The van der Waals surface area contributed by atoms with Gasteiger partial charge in [-0.2, -0.15) is 0 Å². The zero-order valence-electron chi connectivity index (χ0n) is 18.8. The van der Waals surface area contributed by atoms with E-state index in [-0.39, 0.29) is 5.91 Å². The van der Waals surface area contributed by atoms with Gasteiger partial charge in [0.05, 0.1) is 15.6 Å². The second-order valence-electron chi connectivity index (χ2n) is 7.79. The van der Waals surface area contributed by atoms with Crippen LogP contribution >= 0.6 is 23.2 Å². The van der Waals surface area contributed by atoms with Crippen molar-refractivity contribution in [2.75, 3.05) is 48.4 Å². The first kappa shape index (κ1) is 25.1. The number of benzene rings is 2. The van der Waals surface area contributed by atoms with Gasteiger partial charge in [-0.15, -0.1) is 0 Å². The zero-order chi connectivity index (χ0) is 23.6. The molecule has 3 rings (SSSR count). The number of hydrogen-bond donors (Lipinski definition) is 3. The number of halogens is 2. The van der Waals surface area contributed by atoms with Crippen LogP contribution in [-0.2, 0) is 4.74 Å². The SMILES string of the molecule is CCOCCCNC(=O)c1cc(NC(=O)Nc2ccc(Cl)c(Cl)c2)ccc1N1CCCCC1. The molecule has 178 valence electrons. The summed E-state index contributed by atoms with van der Waals surface area (Å²) in [6.45, 7) is 5.55. The first-order valence-corrected chi connectivity index (χ1v) is 12.0. The lowest BCUT2D eigenvalue weighted by atomic mass is 10.1. The summed E-state index contributed by atoms with van der Waals surface area (Å²) in [5.74, 6) is -0.166. The van der Waals surface area contributed by atoms with Crippen molar-refractivity contribution in [3.63, 3.8) is 0 Å². The van der Waals surface area contributed by atoms with Crippen molar-refractivity contribution in [1.29, 1.82) is 0 Å². The Balaban J connectivity index is 1.72. The summed E-state index contributed by atoms with van der Waals surface area (Å²) in [5, 5.41) is 9.24. The lowest BCUT2D eigenvalue weighted by Crippen LogP contribution is -2.33. The van der Waals surface area contributed by atoms with E-state index in [9.17, 15) is 9.59 Å². The van der Waals surface area contributed by atoms with Gasteiger partial charge in [0.1, 0.15) is 0 Å². The van der Waals surface area contributed by atoms with Crippen molar-refractivity contribution in [2.24, 2.45) is 0 Å². The van der Waals surface area contributed by atoms with Gasteiger partial charge < -0.3 is 25.6 Å². The summed E-state index contributed by atoms with van der Waals surface area (Å²) in [6.07, 6.45) is 4.13. The highest BCUT2D eigenvalue weighted by molar-refractivity contribution is 6.42. The molecule has 7 nitrogen and oxygen atoms in total. The monoisotopic (exact) mass is 492 g/mol. The molecule has 0 aliphatic carbocycles. The first-order chi connectivity index (χ1) is 16.0. The average molecular weight is 493 g/mol. The highest BCUT2D eigenvalue weighted by Crippen LogP contribution is 2.28. The Kier molecular flexibility index (Phi) is 9.66. The van der Waals surface area contributed by atoms with Gasteiger partial charge in [0, 0.05) is 49.9 Å². The minimum atomic E-state index is -0.442. The van der Waals surface area contributed by atoms with E-state index in [0.29, 0.717) is 46.7 Å². The van der Waals surface area contributed by atoms with Crippen LogP contribution in [0.1, 0.15) is 43.0 Å². The van der Waals surface area contributed by atoms with Crippen LogP contribution in [0, 0.1) is 0 Å². The number of hydrogen-bond acceptors (Lipinski definition) is 4. The molecule has 0 spiro atoms. The molecule has 0 radical (unpaired) electrons. The lowest BCUT2D eigenvalue weighted by molar-refractivity contribution is 0.0944. The maximum Gasteiger partial charge on any atom is 0.323 e. The van der Waals surface area contributed by atoms with E-state index in [4.69, 9.17) is 27.9 Å². The third-order valence-corrected chi connectivity index (χ3v) is 6.07. The number of nitrogens with zero attached hydrogens (tertiary/aromatic N) is 1. The van der Waals surface area contributed by atoms with Crippen LogP contribution < -0.4 is 20.9 Å². The summed E-state index contributed by atoms with van der Waals surface area (Å²) < 4.78 is 5.34. The Morgan fingerprint density at radius 1 is 0.970 bits per heavy atom. The minimum absolute atomic E-state index is 0.166. The molecule has 0 aromatic heterocycles. The molecule has 1 saturated heterocycles. The van der Waals surface area contributed by atoms with Crippen LogP contribution in [0.15, 0.2) is 36.4 Å². The summed E-state index contributed by atoms with van der Waals surface area (Å²) >= 11 is 11.9. The van der Waals surface area contributed by atoms with Gasteiger partial charge in [0.2, 0.25) is 0 Å². The van der Waals surface area contributed by atoms with Crippen LogP contribution in [0.3, 0.4) is 0 Å². The fraction of sp³-hybridized carbons (Fsp3) is 0.417. The van der Waals surface area contributed by atoms with Crippen molar-refractivity contribution in [3.05, 3.63) is 52.0 Å². The smallest absolute Gasteiger partial charge is 0.323 e. The van der Waals surface area contributed by atoms with Crippen molar-refractivity contribution in [2.45, 2.75) is 32.6 Å². The number of carbonyl (C=O) groups is 2. The van der Waals surface area contributed by atoms with Crippen molar-refractivity contribution >= 4 is 52.2 Å². The molecule has 0 bridgehead atoms. The van der Waals surface area contributed by atoms with Crippen molar-refractivity contribution in [3.8, 4) is 0 Å². The van der Waals surface area contributed by atoms with Crippen LogP contribution in [0.5, 0.6) is 0 Å². The van der Waals surface area contributed by atoms with Crippen LogP contribution in [-0.4, -0.2) is 44.8 Å². The molecule has 0 saturated carbocycles. The molecular formula is C24H30Cl2N4O3. The van der Waals surface area contributed by atoms with Gasteiger partial charge >= 0.3 is 6.03 Å². The number of anilines is 3. The number of rotatable bonds is 9. The number of ether oxygens (including phenoxy) is 1. The number of carbonyl (C=O) groups excluding carboxylic acids is 2. The van der Waals surface area contributed by atoms with Gasteiger partial charge in [0.15, 0.2) is 0 Å². The van der Waals surface area contributed by atoms with Gasteiger partial charge in [-0.3, -0.25) is 4.79 Å². The molecule has 1 aliphatic rings. The number of amides is 3. The average Bonchev–Trinajstić information content (AvgIpc) is 2.81. The minimum Gasteiger partial charge on any atom is -0.382 e. The summed E-state index contributed by atoms with van der Waals surface area (Å²) in [4.78, 5) is 27.7. The standard InChI is InChI=1S/C24H30Cl2N4O3/c1-2-33-14-6-11-27-23(31)19-15-17(8-10-22(19)30-12-4-3-5-13-30)28-24(32)29-18-7-9-20(25)21(26)16-18/h7-10,15-16H,2-6,11-14H2,1H3,(H,27,31)(H2,28,29,32). The lowest BCUT2D eigenvalue weighted by Gasteiger charge is -2.30. The second-order valence-corrected chi connectivity index (χ2v) is 8.61. The van der Waals surface area contributed by atoms with E-state index in [0.717, 1.165) is 38.0 Å². The Hall–Kier alpha value is -2.48. The van der Waals surface area contributed by atoms with E-state index < -0.39 is 6.03 Å². The third kappa shape index (κ3) is 7.52. The normalized spacial score (nSPS) is 13.5. The van der Waals surface area contributed by atoms with Crippen LogP contribution in [0.2, 0.25) is 10.0 Å². The summed E-state index contributed by atoms with van der Waals surface area (Å²) in [5.41, 5.74) is 2.46. The fourth-order valence-electron chi connectivity index (χ4n) is 3.69. The predicted molar refractivity (Wildman–Crippen MR) is 135 cm³/mol. The molecule has 0 atom stereocenters. The van der Waals surface area contributed by atoms with E-state index in [2.05, 4.69) is 20.9 Å². The number of urea groups is 1. The molecule has 9 heteroatoms. The van der Waals surface area contributed by atoms with Crippen LogP contribution in [0.25, 0.3) is 0 Å². The molecule has 1 fully saturated rings.